The molecule has 0 aromatic carbocycles. The summed E-state index contributed by atoms with van der Waals surface area (Å²) in [4.78, 5) is 13.4. The Balaban J connectivity index is 1.56. The summed E-state index contributed by atoms with van der Waals surface area (Å²) in [5, 5.41) is 2.07. The van der Waals surface area contributed by atoms with Crippen molar-refractivity contribution in [1.29, 1.82) is 0 Å². The molecule has 3 aromatic rings. The highest BCUT2D eigenvalue weighted by Crippen LogP contribution is 2.28. The highest BCUT2D eigenvalue weighted by molar-refractivity contribution is 7.17. The van der Waals surface area contributed by atoms with Crippen molar-refractivity contribution >= 4 is 44.9 Å². The number of nitrogens with zero attached hydrogens (tertiary/aromatic N) is 6. The van der Waals surface area contributed by atoms with Gasteiger partial charge in [-0.1, -0.05) is 0 Å². The van der Waals surface area contributed by atoms with Crippen molar-refractivity contribution in [2.45, 2.75) is 0 Å². The molecule has 0 amide bonds. The number of aromatic nitrogens is 4. The Bertz CT molecular complexity index is 702. The molecule has 1 fully saturated rings. The first-order valence-electron chi connectivity index (χ1n) is 6.37. The van der Waals surface area contributed by atoms with Crippen LogP contribution in [0.5, 0.6) is 0 Å². The summed E-state index contributed by atoms with van der Waals surface area (Å²) in [5.74, 6) is 2.04. The largest absolute Gasteiger partial charge is 0.352 e. The Kier molecular flexibility index (Phi) is 2.96. The van der Waals surface area contributed by atoms with Crippen molar-refractivity contribution in [2.24, 2.45) is 0 Å². The molecule has 0 atom stereocenters. The van der Waals surface area contributed by atoms with Gasteiger partial charge in [0, 0.05) is 26.2 Å². The molecule has 0 spiro atoms. The maximum atomic E-state index is 4.47. The molecule has 8 heteroatoms. The van der Waals surface area contributed by atoms with Crippen LogP contribution < -0.4 is 9.80 Å². The molecular weight excluding hydrogens is 292 g/mol. The van der Waals surface area contributed by atoms with Crippen molar-refractivity contribution in [1.82, 2.24) is 18.7 Å². The molecule has 0 radical (unpaired) electrons. The number of hydrogen-bond donors (Lipinski definition) is 0. The first-order valence-corrected chi connectivity index (χ1v) is 7.98. The van der Waals surface area contributed by atoms with E-state index in [0.29, 0.717) is 0 Å². The van der Waals surface area contributed by atoms with Crippen LogP contribution in [0.3, 0.4) is 0 Å². The highest BCUT2D eigenvalue weighted by Gasteiger charge is 2.21. The molecule has 1 saturated heterocycles. The molecule has 0 saturated carbocycles. The van der Waals surface area contributed by atoms with Crippen LogP contribution in [0.1, 0.15) is 0 Å². The summed E-state index contributed by atoms with van der Waals surface area (Å²) in [6.07, 6.45) is 3.49. The Morgan fingerprint density at radius 1 is 1.05 bits per heavy atom. The SMILES string of the molecule is c1nc(N2CCN(c3cnsn3)CC2)c2sccc2n1. The van der Waals surface area contributed by atoms with Gasteiger partial charge < -0.3 is 9.80 Å². The second-order valence-electron chi connectivity index (χ2n) is 4.57. The van der Waals surface area contributed by atoms with Crippen molar-refractivity contribution in [3.05, 3.63) is 24.0 Å². The lowest BCUT2D eigenvalue weighted by Gasteiger charge is -2.35. The van der Waals surface area contributed by atoms with Crippen LogP contribution in [-0.2, 0) is 0 Å². The van der Waals surface area contributed by atoms with Crippen LogP contribution in [0.25, 0.3) is 10.2 Å². The molecule has 1 aliphatic heterocycles. The number of hydrogen-bond acceptors (Lipinski definition) is 8. The average molecular weight is 304 g/mol. The quantitative estimate of drug-likeness (QED) is 0.720. The van der Waals surface area contributed by atoms with Gasteiger partial charge in [-0.05, 0) is 11.4 Å². The van der Waals surface area contributed by atoms with Gasteiger partial charge in [0.1, 0.15) is 12.1 Å². The second kappa shape index (κ2) is 4.95. The van der Waals surface area contributed by atoms with Crippen LogP contribution in [0.15, 0.2) is 24.0 Å². The van der Waals surface area contributed by atoms with Gasteiger partial charge in [-0.3, -0.25) is 0 Å². The highest BCUT2D eigenvalue weighted by atomic mass is 32.1. The van der Waals surface area contributed by atoms with Gasteiger partial charge in [0.15, 0.2) is 5.82 Å². The number of fused-ring (bicyclic) bond motifs is 1. The van der Waals surface area contributed by atoms with E-state index in [1.807, 2.05) is 12.3 Å². The minimum absolute atomic E-state index is 0.946. The van der Waals surface area contributed by atoms with Crippen LogP contribution >= 0.6 is 23.1 Å². The second-order valence-corrected chi connectivity index (χ2v) is 6.04. The van der Waals surface area contributed by atoms with E-state index in [1.165, 1.54) is 16.4 Å². The minimum atomic E-state index is 0.946. The normalized spacial score (nSPS) is 16.0. The van der Waals surface area contributed by atoms with E-state index in [-0.39, 0.29) is 0 Å². The van der Waals surface area contributed by atoms with Crippen LogP contribution in [0, 0.1) is 0 Å². The van der Waals surface area contributed by atoms with E-state index in [2.05, 4.69) is 33.9 Å². The molecule has 0 N–H and O–H groups in total. The summed E-state index contributed by atoms with van der Waals surface area (Å²) in [7, 11) is 0. The summed E-state index contributed by atoms with van der Waals surface area (Å²) in [6.45, 7) is 3.79. The lowest BCUT2D eigenvalue weighted by atomic mass is 10.3. The minimum Gasteiger partial charge on any atom is -0.352 e. The smallest absolute Gasteiger partial charge is 0.162 e. The predicted octanol–water partition coefficient (Wildman–Crippen LogP) is 1.87. The molecular formula is C12H12N6S2. The van der Waals surface area contributed by atoms with Gasteiger partial charge in [-0.25, -0.2) is 9.97 Å². The molecule has 0 aliphatic carbocycles. The molecule has 3 aromatic heterocycles. The van der Waals surface area contributed by atoms with E-state index in [4.69, 9.17) is 0 Å². The third-order valence-corrected chi connectivity index (χ3v) is 4.85. The van der Waals surface area contributed by atoms with E-state index in [9.17, 15) is 0 Å². The van der Waals surface area contributed by atoms with Gasteiger partial charge in [-0.2, -0.15) is 8.75 Å². The van der Waals surface area contributed by atoms with Gasteiger partial charge >= 0.3 is 0 Å². The molecule has 0 unspecified atom stereocenters. The molecule has 20 heavy (non-hydrogen) atoms. The Hall–Kier alpha value is -1.80. The molecule has 0 bridgehead atoms. The van der Waals surface area contributed by atoms with E-state index in [0.717, 1.165) is 43.3 Å². The van der Waals surface area contributed by atoms with Gasteiger partial charge in [0.2, 0.25) is 0 Å². The maximum absolute atomic E-state index is 4.47. The van der Waals surface area contributed by atoms with Gasteiger partial charge in [0.25, 0.3) is 0 Å². The lowest BCUT2D eigenvalue weighted by Crippen LogP contribution is -2.47. The fraction of sp³-hybridized carbons (Fsp3) is 0.333. The monoisotopic (exact) mass is 304 g/mol. The van der Waals surface area contributed by atoms with E-state index < -0.39 is 0 Å². The molecule has 4 heterocycles. The predicted molar refractivity (Wildman–Crippen MR) is 81.8 cm³/mol. The number of rotatable bonds is 2. The maximum Gasteiger partial charge on any atom is 0.162 e. The Morgan fingerprint density at radius 2 is 1.90 bits per heavy atom. The Labute approximate surface area is 124 Å². The zero-order valence-corrected chi connectivity index (χ0v) is 12.3. The van der Waals surface area contributed by atoms with E-state index >= 15 is 0 Å². The first kappa shape index (κ1) is 12.0. The summed E-state index contributed by atoms with van der Waals surface area (Å²) < 4.78 is 9.54. The van der Waals surface area contributed by atoms with Crippen LogP contribution in [0.4, 0.5) is 11.6 Å². The lowest BCUT2D eigenvalue weighted by molar-refractivity contribution is 0.645. The Morgan fingerprint density at radius 3 is 2.70 bits per heavy atom. The van der Waals surface area contributed by atoms with Crippen LogP contribution in [0.2, 0.25) is 0 Å². The molecule has 4 rings (SSSR count). The standard InChI is InChI=1S/C12H12N6S2/c1-6-19-11-9(1)13-8-14-12(11)18-4-2-17(3-5-18)10-7-15-20-16-10/h1,6-8H,2-5H2. The van der Waals surface area contributed by atoms with Crippen LogP contribution in [-0.4, -0.2) is 44.9 Å². The fourth-order valence-electron chi connectivity index (χ4n) is 2.45. The fourth-order valence-corrected chi connectivity index (χ4v) is 3.74. The van der Waals surface area contributed by atoms with Gasteiger partial charge in [-0.15, -0.1) is 11.3 Å². The zero-order valence-electron chi connectivity index (χ0n) is 10.6. The van der Waals surface area contributed by atoms with Crippen molar-refractivity contribution in [2.75, 3.05) is 36.0 Å². The summed E-state index contributed by atoms with van der Waals surface area (Å²) >= 11 is 2.96. The van der Waals surface area contributed by atoms with Gasteiger partial charge in [0.05, 0.1) is 28.1 Å². The first-order chi connectivity index (χ1) is 9.92. The number of piperazine rings is 1. The third-order valence-electron chi connectivity index (χ3n) is 3.48. The van der Waals surface area contributed by atoms with Crippen molar-refractivity contribution in [3.63, 3.8) is 0 Å². The number of anilines is 2. The molecule has 1 aliphatic rings. The summed E-state index contributed by atoms with van der Waals surface area (Å²) in [6, 6.07) is 2.04. The topological polar surface area (TPSA) is 58.0 Å². The summed E-state index contributed by atoms with van der Waals surface area (Å²) in [5.41, 5.74) is 1.03. The molecule has 102 valence electrons. The zero-order chi connectivity index (χ0) is 13.4. The van der Waals surface area contributed by atoms with Crippen molar-refractivity contribution in [3.8, 4) is 0 Å². The number of thiophene rings is 1. The third kappa shape index (κ3) is 2.01. The van der Waals surface area contributed by atoms with E-state index in [1.54, 1.807) is 17.7 Å². The molecule has 6 nitrogen and oxygen atoms in total. The average Bonchev–Trinajstić information content (AvgIpc) is 3.18. The van der Waals surface area contributed by atoms with Crippen molar-refractivity contribution < 1.29 is 0 Å².